The molecule has 1 aromatic heterocycles. The van der Waals surface area contributed by atoms with Crippen LogP contribution in [0.25, 0.3) is 0 Å². The van der Waals surface area contributed by atoms with E-state index in [0.717, 1.165) is 125 Å². The molecule has 6 heterocycles. The normalized spacial score (nSPS) is 39.3. The number of aromatic amines is 1. The molecule has 15 rings (SSSR count). The lowest BCUT2D eigenvalue weighted by Crippen LogP contribution is -2.54. The van der Waals surface area contributed by atoms with E-state index in [9.17, 15) is 24.9 Å². The third-order valence-electron chi connectivity index (χ3n) is 23.5. The molecule has 86 heavy (non-hydrogen) atoms. The molecule has 17 heteroatoms. The van der Waals surface area contributed by atoms with Crippen molar-refractivity contribution in [3.8, 4) is 11.8 Å². The minimum absolute atomic E-state index is 0.0348. The number of imidazole rings is 1. The number of H-pyrrole nitrogens is 1. The third kappa shape index (κ3) is 10.6. The zero-order valence-corrected chi connectivity index (χ0v) is 51.3. The van der Waals surface area contributed by atoms with Crippen molar-refractivity contribution in [2.75, 3.05) is 38.7 Å². The molecule has 458 valence electrons. The fourth-order valence-electron chi connectivity index (χ4n) is 19.7. The van der Waals surface area contributed by atoms with E-state index in [1.807, 2.05) is 6.20 Å². The molecule has 0 radical (unpaired) electrons. The Kier molecular flexibility index (Phi) is 16.6. The maximum Gasteiger partial charge on any atom is 0.340 e. The number of hydrogen-bond donors (Lipinski definition) is 7. The second-order valence-electron chi connectivity index (χ2n) is 27.8. The molecule has 1 aromatic rings. The van der Waals surface area contributed by atoms with Crippen molar-refractivity contribution in [3.63, 3.8) is 0 Å². The van der Waals surface area contributed by atoms with Crippen molar-refractivity contribution >= 4 is 45.3 Å². The summed E-state index contributed by atoms with van der Waals surface area (Å²) in [5.41, 5.74) is 4.15. The predicted molar refractivity (Wildman–Crippen MR) is 329 cm³/mol. The number of aliphatic hydroxyl groups is 3. The molecule has 9 aliphatic carbocycles. The summed E-state index contributed by atoms with van der Waals surface area (Å²) in [6.45, 7) is 3.21. The summed E-state index contributed by atoms with van der Waals surface area (Å²) < 4.78 is 13.5. The van der Waals surface area contributed by atoms with Gasteiger partial charge in [0, 0.05) is 85.1 Å². The highest BCUT2D eigenvalue weighted by Crippen LogP contribution is 2.72. The maximum absolute atomic E-state index is 15.8. The van der Waals surface area contributed by atoms with Gasteiger partial charge in [-0.05, 0) is 190 Å². The number of fused-ring (bicyclic) bond motifs is 4. The fraction of sp³-hybridized carbons (Fsp3) is 0.638. The molecule has 1 spiro atoms. The monoisotopic (exact) mass is 1210 g/mol. The Hall–Kier alpha value is -5.09. The summed E-state index contributed by atoms with van der Waals surface area (Å²) in [6.07, 6.45) is 36.5. The lowest BCUT2D eigenvalue weighted by molar-refractivity contribution is -0.138. The summed E-state index contributed by atoms with van der Waals surface area (Å²) >= 11 is 0. The second-order valence-corrected chi connectivity index (χ2v) is 30.3. The first kappa shape index (κ1) is 58.6. The summed E-state index contributed by atoms with van der Waals surface area (Å²) in [6, 6.07) is 0. The van der Waals surface area contributed by atoms with E-state index in [0.29, 0.717) is 79.1 Å². The van der Waals surface area contributed by atoms with Gasteiger partial charge < -0.3 is 45.7 Å². The molecule has 15 nitrogen and oxygen atoms in total. The predicted octanol–water partition coefficient (Wildman–Crippen LogP) is 9.24. The van der Waals surface area contributed by atoms with Gasteiger partial charge in [0.1, 0.15) is 11.5 Å². The Morgan fingerprint density at radius 2 is 1.76 bits per heavy atom. The van der Waals surface area contributed by atoms with Gasteiger partial charge in [-0.3, -0.25) is 14.5 Å². The van der Waals surface area contributed by atoms with Crippen LogP contribution in [-0.2, 0) is 35.1 Å². The van der Waals surface area contributed by atoms with Gasteiger partial charge in [-0.15, -0.1) is 0 Å². The first-order valence-corrected chi connectivity index (χ1v) is 35.2. The number of nitrogens with one attached hydrogen (secondary N) is 4. The molecule has 17 atom stereocenters. The van der Waals surface area contributed by atoms with Crippen LogP contribution in [0.1, 0.15) is 128 Å². The van der Waals surface area contributed by atoms with Gasteiger partial charge in [0.25, 0.3) is 11.8 Å². The number of hydrogen-bond acceptors (Lipinski definition) is 15. The Morgan fingerprint density at radius 3 is 2.56 bits per heavy atom. The summed E-state index contributed by atoms with van der Waals surface area (Å²) in [7, 11) is 3.53. The van der Waals surface area contributed by atoms with Crippen LogP contribution in [0.3, 0.4) is 0 Å². The van der Waals surface area contributed by atoms with E-state index < -0.39 is 29.3 Å². The quantitative estimate of drug-likeness (QED) is 0.0322. The van der Waals surface area contributed by atoms with Crippen LogP contribution < -0.4 is 16.0 Å². The minimum Gasteiger partial charge on any atom is -0.427 e. The SMILES string of the molecule is CCC1(/C=C2\OC(=O)C3=C2CC[C@H]2[C@@H]4CC[C@@]5(C6=C4[C@@H](CN4C(=O)C=CC4=O)C4=CCNC(=C4)NCSS[C@H](NC[C@H](O)[C@H]4CCCC[C@@H]4Cc4cnc[nH]4)[C@H]([C@@H]4[C@@H]7C[C@H]8C[C@@H](CO)C[C@H](CO)C#C[C@@H]7C=C[C@@H]4C8)C/C=C/5OC6=O)[C@@H]32)CCCC1. The molecule has 14 aliphatic rings. The average Bonchev–Trinajstić information content (AvgIpc) is 1.59. The zero-order chi connectivity index (χ0) is 58.8. The highest BCUT2D eigenvalue weighted by Gasteiger charge is 2.69. The number of imide groups is 1. The Bertz CT molecular complexity index is 3160. The van der Waals surface area contributed by atoms with Crippen molar-refractivity contribution in [3.05, 3.63) is 112 Å². The van der Waals surface area contributed by atoms with Crippen molar-refractivity contribution in [1.82, 2.24) is 30.8 Å². The largest absolute Gasteiger partial charge is 0.427 e. The fourth-order valence-corrected chi connectivity index (χ4v) is 22.1. The average molecular weight is 1210 g/mol. The summed E-state index contributed by atoms with van der Waals surface area (Å²) in [5, 5.41) is 45.2. The summed E-state index contributed by atoms with van der Waals surface area (Å²) in [4.78, 5) is 67.3. The Labute approximate surface area is 514 Å². The number of cyclic esters (lactones) is 1. The van der Waals surface area contributed by atoms with Crippen molar-refractivity contribution in [1.29, 1.82) is 0 Å². The molecule has 5 aliphatic heterocycles. The Balaban J connectivity index is 0.921. The van der Waals surface area contributed by atoms with Gasteiger partial charge >= 0.3 is 11.9 Å². The first-order valence-electron chi connectivity index (χ1n) is 32.8. The number of carbonyl (C=O) groups is 4. The second kappa shape index (κ2) is 24.4. The van der Waals surface area contributed by atoms with Crippen LogP contribution in [0, 0.1) is 106 Å². The van der Waals surface area contributed by atoms with Crippen LogP contribution in [0.5, 0.6) is 0 Å². The maximum atomic E-state index is 15.8. The van der Waals surface area contributed by atoms with E-state index in [1.54, 1.807) is 27.9 Å². The summed E-state index contributed by atoms with van der Waals surface area (Å²) in [5.74, 6) is 8.27. The van der Waals surface area contributed by atoms with Gasteiger partial charge in [-0.25, -0.2) is 14.6 Å². The number of amides is 2. The van der Waals surface area contributed by atoms with Crippen molar-refractivity contribution in [2.24, 2.45) is 93.7 Å². The van der Waals surface area contributed by atoms with E-state index in [4.69, 9.17) is 9.47 Å². The molecule has 1 saturated heterocycles. The molecule has 7 N–H and O–H groups in total. The number of dihydropyridines is 1. The van der Waals surface area contributed by atoms with Gasteiger partial charge in [-0.1, -0.05) is 84.3 Å². The van der Waals surface area contributed by atoms with Crippen LogP contribution in [0.2, 0.25) is 0 Å². The van der Waals surface area contributed by atoms with E-state index >= 15 is 9.59 Å². The highest BCUT2D eigenvalue weighted by atomic mass is 33.1. The molecule has 2 amide bonds. The zero-order valence-electron chi connectivity index (χ0n) is 49.7. The van der Waals surface area contributed by atoms with Gasteiger partial charge in [0.15, 0.2) is 0 Å². The number of ether oxygens (including phenoxy) is 2. The number of carbonyl (C=O) groups excluding carboxylic acids is 4. The highest BCUT2D eigenvalue weighted by molar-refractivity contribution is 8.76. The molecule has 0 unspecified atom stereocenters. The van der Waals surface area contributed by atoms with Gasteiger partial charge in [0.05, 0.1) is 47.1 Å². The van der Waals surface area contributed by atoms with Crippen LogP contribution in [0.15, 0.2) is 106 Å². The number of aliphatic hydroxyl groups excluding tert-OH is 3. The molecule has 0 aromatic carbocycles. The molecule has 5 fully saturated rings. The van der Waals surface area contributed by atoms with Crippen LogP contribution in [0.4, 0.5) is 0 Å². The van der Waals surface area contributed by atoms with E-state index in [1.165, 1.54) is 17.1 Å². The lowest BCUT2D eigenvalue weighted by Gasteiger charge is -2.57. The lowest BCUT2D eigenvalue weighted by atomic mass is 9.43. The number of nitrogens with zero attached hydrogens (tertiary/aromatic N) is 2. The number of aromatic nitrogens is 2. The van der Waals surface area contributed by atoms with Crippen molar-refractivity contribution in [2.45, 2.75) is 140 Å². The standard InChI is InChI=1S/C69H86N6O9S2/c1-2-68(21-5-6-22-68)31-55-50-14-13-49-48-19-23-69(63(49)62(50)66(81)83-55)56-16-15-51(60-45-12-11-42-10-9-39(35-76)25-41(36-77)26-40(27-45)28-52(42)60)65(72-33-54(78)47-8-4-3-7-43(47)29-46-32-70-37-73-46)86-85-38-74-57-30-44(20-24-71-57)53(61(48)64(69)67(82)84-56)34-75-58(79)17-18-59(75)80/h11-12,16-18,20,30-32,37,39-43,45,47-49,51-54,60,63,65,71-72,74,76-78H,2-8,13-15,19,21-29,33-36,38H2,1H3,(H,70,73)/b55-31-,56-16-/t39-,40+,41+,42-,43-,45-,47+,48+,49+,51+,52-,53+,54+,60-,63-,65+,69+/m1/s1. The number of allylic oxidation sites excluding steroid dienone is 7. The van der Waals surface area contributed by atoms with E-state index in [-0.39, 0.29) is 108 Å². The van der Waals surface area contributed by atoms with Gasteiger partial charge in [0.2, 0.25) is 0 Å². The molecule has 10 bridgehead atoms. The minimum atomic E-state index is -1.03. The number of rotatable bonds is 13. The van der Waals surface area contributed by atoms with Gasteiger partial charge in [-0.2, -0.15) is 0 Å². The van der Waals surface area contributed by atoms with E-state index in [2.05, 4.69) is 81.1 Å². The Morgan fingerprint density at radius 1 is 0.907 bits per heavy atom. The molecular formula is C69H86N6O9S2. The smallest absolute Gasteiger partial charge is 0.340 e. The first-order chi connectivity index (χ1) is 42.0. The van der Waals surface area contributed by atoms with Crippen LogP contribution in [-0.4, -0.2) is 104 Å². The molecular weight excluding hydrogens is 1120 g/mol. The topological polar surface area (TPSA) is 215 Å². The van der Waals surface area contributed by atoms with Crippen LogP contribution >= 0.6 is 21.6 Å². The van der Waals surface area contributed by atoms with Crippen molar-refractivity contribution < 1.29 is 44.0 Å². The third-order valence-corrected chi connectivity index (χ3v) is 26.0. The molecule has 4 saturated carbocycles. The number of esters is 2.